The first-order chi connectivity index (χ1) is 14.1. The Kier molecular flexibility index (Phi) is 6.47. The van der Waals surface area contributed by atoms with Gasteiger partial charge >= 0.3 is 0 Å². The van der Waals surface area contributed by atoms with Gasteiger partial charge in [0.2, 0.25) is 5.91 Å². The van der Waals surface area contributed by atoms with E-state index in [9.17, 15) is 4.79 Å². The highest BCUT2D eigenvalue weighted by Crippen LogP contribution is 2.23. The van der Waals surface area contributed by atoms with Crippen molar-refractivity contribution in [2.24, 2.45) is 5.10 Å². The molecule has 0 saturated carbocycles. The third-order valence-corrected chi connectivity index (χ3v) is 5.35. The molecule has 0 unspecified atom stereocenters. The minimum Gasteiger partial charge on any atom is -0.318 e. The molecule has 5 heteroatoms. The van der Waals surface area contributed by atoms with Crippen molar-refractivity contribution in [3.8, 4) is 5.69 Å². The van der Waals surface area contributed by atoms with Gasteiger partial charge in [0.1, 0.15) is 0 Å². The van der Waals surface area contributed by atoms with Gasteiger partial charge in [-0.05, 0) is 54.7 Å². The fraction of sp³-hybridized carbons (Fsp3) is 0.280. The maximum absolute atomic E-state index is 12.3. The molecule has 0 bridgehead atoms. The van der Waals surface area contributed by atoms with Gasteiger partial charge in [0.05, 0.1) is 12.6 Å². The van der Waals surface area contributed by atoms with E-state index in [-0.39, 0.29) is 11.3 Å². The van der Waals surface area contributed by atoms with E-state index in [1.807, 2.05) is 56.3 Å². The summed E-state index contributed by atoms with van der Waals surface area (Å²) in [7, 11) is 0. The molecule has 0 aliphatic carbocycles. The zero-order valence-corrected chi connectivity index (χ0v) is 18.9. The van der Waals surface area contributed by atoms with Gasteiger partial charge in [-0.1, -0.05) is 62.7 Å². The van der Waals surface area contributed by atoms with E-state index in [1.165, 1.54) is 5.56 Å². The number of rotatable bonds is 5. The predicted molar refractivity (Wildman–Crippen MR) is 125 cm³/mol. The van der Waals surface area contributed by atoms with E-state index in [2.05, 4.69) is 48.0 Å². The number of hydrazone groups is 1. The van der Waals surface area contributed by atoms with Gasteiger partial charge in [0.25, 0.3) is 0 Å². The molecule has 0 aliphatic heterocycles. The number of carbonyl (C=O) groups is 1. The van der Waals surface area contributed by atoms with Crippen molar-refractivity contribution >= 4 is 23.7 Å². The summed E-state index contributed by atoms with van der Waals surface area (Å²) in [5, 5.41) is 4.85. The van der Waals surface area contributed by atoms with Gasteiger partial charge in [-0.3, -0.25) is 4.79 Å². The molecule has 0 radical (unpaired) electrons. The lowest BCUT2D eigenvalue weighted by molar-refractivity contribution is -0.120. The number of nitrogens with zero attached hydrogens (tertiary/aromatic N) is 2. The van der Waals surface area contributed by atoms with Crippen LogP contribution in [0, 0.1) is 13.8 Å². The van der Waals surface area contributed by atoms with Gasteiger partial charge in [-0.25, -0.2) is 5.43 Å². The van der Waals surface area contributed by atoms with E-state index in [0.717, 1.165) is 28.2 Å². The number of carbonyl (C=O) groups excluding carboxylic acids is 1. The molecule has 3 rings (SSSR count). The molecule has 4 nitrogen and oxygen atoms in total. The molecule has 1 heterocycles. The van der Waals surface area contributed by atoms with Crippen LogP contribution >= 0.6 is 11.6 Å². The van der Waals surface area contributed by atoms with Crippen LogP contribution < -0.4 is 5.43 Å². The van der Waals surface area contributed by atoms with Crippen molar-refractivity contribution in [2.75, 3.05) is 0 Å². The first kappa shape index (κ1) is 21.8. The highest BCUT2D eigenvalue weighted by atomic mass is 35.5. The molecular formula is C25H28ClN3O. The molecule has 156 valence electrons. The fourth-order valence-corrected chi connectivity index (χ4v) is 3.64. The van der Waals surface area contributed by atoms with Crippen molar-refractivity contribution in [3.63, 3.8) is 0 Å². The Morgan fingerprint density at radius 1 is 1.10 bits per heavy atom. The molecule has 2 aromatic carbocycles. The van der Waals surface area contributed by atoms with Crippen molar-refractivity contribution in [1.29, 1.82) is 0 Å². The van der Waals surface area contributed by atoms with Crippen LogP contribution in [0.1, 0.15) is 48.8 Å². The van der Waals surface area contributed by atoms with Crippen LogP contribution in [0.25, 0.3) is 5.69 Å². The Morgan fingerprint density at radius 3 is 2.43 bits per heavy atom. The van der Waals surface area contributed by atoms with Crippen LogP contribution in [0.5, 0.6) is 0 Å². The van der Waals surface area contributed by atoms with Crippen LogP contribution in [0.3, 0.4) is 0 Å². The first-order valence-electron chi connectivity index (χ1n) is 10.0. The van der Waals surface area contributed by atoms with Crippen molar-refractivity contribution in [1.82, 2.24) is 9.99 Å². The number of amides is 1. The number of aryl methyl sites for hydroxylation is 1. The predicted octanol–water partition coefficient (Wildman–Crippen LogP) is 5.74. The summed E-state index contributed by atoms with van der Waals surface area (Å²) in [6, 6.07) is 17.9. The summed E-state index contributed by atoms with van der Waals surface area (Å²) < 4.78 is 2.12. The van der Waals surface area contributed by atoms with Gasteiger partial charge < -0.3 is 4.57 Å². The zero-order chi connectivity index (χ0) is 21.9. The minimum absolute atomic E-state index is 0.0998. The van der Waals surface area contributed by atoms with E-state index in [0.29, 0.717) is 11.4 Å². The van der Waals surface area contributed by atoms with E-state index >= 15 is 0 Å². The average Bonchev–Trinajstić information content (AvgIpc) is 2.95. The van der Waals surface area contributed by atoms with Crippen LogP contribution in [0.2, 0.25) is 5.02 Å². The van der Waals surface area contributed by atoms with E-state index in [4.69, 9.17) is 11.6 Å². The Bertz CT molecular complexity index is 1070. The van der Waals surface area contributed by atoms with Crippen LogP contribution in [0.4, 0.5) is 0 Å². The summed E-state index contributed by atoms with van der Waals surface area (Å²) in [5.74, 6) is -0.140. The lowest BCUT2D eigenvalue weighted by atomic mass is 9.86. The largest absolute Gasteiger partial charge is 0.318 e. The van der Waals surface area contributed by atoms with Crippen molar-refractivity contribution in [2.45, 2.75) is 46.5 Å². The quantitative estimate of drug-likeness (QED) is 0.414. The third-order valence-electron chi connectivity index (χ3n) is 5.11. The third kappa shape index (κ3) is 5.19. The number of halogens is 1. The smallest absolute Gasteiger partial charge is 0.244 e. The summed E-state index contributed by atoms with van der Waals surface area (Å²) in [6.45, 7) is 10.6. The Morgan fingerprint density at radius 2 is 1.80 bits per heavy atom. The highest BCUT2D eigenvalue weighted by molar-refractivity contribution is 6.30. The minimum atomic E-state index is -0.140. The fourth-order valence-electron chi connectivity index (χ4n) is 3.45. The summed E-state index contributed by atoms with van der Waals surface area (Å²) >= 11 is 6.13. The molecule has 0 saturated heterocycles. The SMILES string of the molecule is Cc1cc(/C=N\NC(=O)Cc2ccc(C(C)(C)C)cc2)c(C)n1-c1cccc(Cl)c1. The summed E-state index contributed by atoms with van der Waals surface area (Å²) in [5.41, 5.74) is 9.00. The molecule has 0 atom stereocenters. The van der Waals surface area contributed by atoms with Gasteiger partial charge in [0.15, 0.2) is 0 Å². The van der Waals surface area contributed by atoms with E-state index < -0.39 is 0 Å². The average molecular weight is 422 g/mol. The van der Waals surface area contributed by atoms with Crippen molar-refractivity contribution < 1.29 is 4.79 Å². The number of nitrogens with one attached hydrogen (secondary N) is 1. The second-order valence-electron chi connectivity index (χ2n) is 8.56. The molecule has 3 aromatic rings. The van der Waals surface area contributed by atoms with Crippen LogP contribution in [-0.4, -0.2) is 16.7 Å². The normalized spacial score (nSPS) is 11.8. The maximum atomic E-state index is 12.3. The van der Waals surface area contributed by atoms with Gasteiger partial charge in [0, 0.05) is 27.7 Å². The van der Waals surface area contributed by atoms with E-state index in [1.54, 1.807) is 6.21 Å². The first-order valence-corrected chi connectivity index (χ1v) is 10.4. The standard InChI is InChI=1S/C25H28ClN3O/c1-17-13-20(18(2)29(17)23-8-6-7-22(26)15-23)16-27-28-24(30)14-19-9-11-21(12-10-19)25(3,4)5/h6-13,15-16H,14H2,1-5H3,(H,28,30)/b27-16-. The lowest BCUT2D eigenvalue weighted by Gasteiger charge is -2.19. The zero-order valence-electron chi connectivity index (χ0n) is 18.2. The lowest BCUT2D eigenvalue weighted by Crippen LogP contribution is -2.20. The Balaban J connectivity index is 1.65. The molecule has 1 N–H and O–H groups in total. The number of hydrogen-bond acceptors (Lipinski definition) is 2. The molecule has 0 spiro atoms. The van der Waals surface area contributed by atoms with Crippen LogP contribution in [0.15, 0.2) is 59.7 Å². The topological polar surface area (TPSA) is 46.4 Å². The number of aromatic nitrogens is 1. The second kappa shape index (κ2) is 8.88. The molecule has 1 amide bonds. The molecule has 0 aliphatic rings. The van der Waals surface area contributed by atoms with Gasteiger partial charge in [-0.2, -0.15) is 5.10 Å². The molecular weight excluding hydrogens is 394 g/mol. The molecule has 30 heavy (non-hydrogen) atoms. The highest BCUT2D eigenvalue weighted by Gasteiger charge is 2.13. The Hall–Kier alpha value is -2.85. The molecule has 0 fully saturated rings. The van der Waals surface area contributed by atoms with Gasteiger partial charge in [-0.15, -0.1) is 0 Å². The summed E-state index contributed by atoms with van der Waals surface area (Å²) in [4.78, 5) is 12.3. The molecule has 1 aromatic heterocycles. The number of hydrogen-bond donors (Lipinski definition) is 1. The van der Waals surface area contributed by atoms with Crippen LogP contribution in [-0.2, 0) is 16.6 Å². The monoisotopic (exact) mass is 421 g/mol. The van der Waals surface area contributed by atoms with Crippen molar-refractivity contribution in [3.05, 3.63) is 87.7 Å². The summed E-state index contributed by atoms with van der Waals surface area (Å²) in [6.07, 6.45) is 1.98. The Labute approximate surface area is 183 Å². The second-order valence-corrected chi connectivity index (χ2v) is 9.00. The maximum Gasteiger partial charge on any atom is 0.244 e. The number of benzene rings is 2.